The van der Waals surface area contributed by atoms with Crippen LogP contribution in [0.3, 0.4) is 0 Å². The molecule has 3 aromatic rings. The zero-order chi connectivity index (χ0) is 26.9. The molecule has 2 amide bonds. The molecule has 0 aromatic heterocycles. The molecule has 0 spiro atoms. The number of amides is 2. The predicted octanol–water partition coefficient (Wildman–Crippen LogP) is 7.59. The van der Waals surface area contributed by atoms with Crippen LogP contribution in [0, 0.1) is 0 Å². The maximum Gasteiger partial charge on any atom is 0.270 e. The summed E-state index contributed by atoms with van der Waals surface area (Å²) < 4.78 is 12.6. The smallest absolute Gasteiger partial charge is 0.270 e. The van der Waals surface area contributed by atoms with Gasteiger partial charge in [-0.05, 0) is 104 Å². The second kappa shape index (κ2) is 11.7. The van der Waals surface area contributed by atoms with Crippen LogP contribution in [0.25, 0.3) is 6.08 Å². The average Bonchev–Trinajstić information content (AvgIpc) is 2.86. The number of carbonyl (C=O) groups excluding carboxylic acids is 2. The van der Waals surface area contributed by atoms with Gasteiger partial charge in [-0.25, -0.2) is 0 Å². The third kappa shape index (κ3) is 5.97. The van der Waals surface area contributed by atoms with E-state index in [1.807, 2.05) is 0 Å². The van der Waals surface area contributed by atoms with Gasteiger partial charge in [-0.1, -0.05) is 40.9 Å². The maximum absolute atomic E-state index is 13.3. The number of hydrogen-bond acceptors (Lipinski definition) is 5. The monoisotopic (exact) mass is 702 g/mol. The highest BCUT2D eigenvalue weighted by Crippen LogP contribution is 2.44. The minimum atomic E-state index is -0.623. The lowest BCUT2D eigenvalue weighted by atomic mass is 10.1. The van der Waals surface area contributed by atoms with E-state index in [2.05, 4.69) is 37.2 Å². The molecule has 12 heteroatoms. The molecule has 1 aliphatic heterocycles. The van der Waals surface area contributed by atoms with Crippen molar-refractivity contribution in [1.29, 1.82) is 0 Å². The van der Waals surface area contributed by atoms with Gasteiger partial charge >= 0.3 is 0 Å². The Morgan fingerprint density at radius 1 is 1.00 bits per heavy atom. The Bertz CT molecular complexity index is 1470. The predicted molar refractivity (Wildman–Crippen MR) is 157 cm³/mol. The van der Waals surface area contributed by atoms with Crippen molar-refractivity contribution in [2.24, 2.45) is 0 Å². The van der Waals surface area contributed by atoms with Crippen molar-refractivity contribution in [3.63, 3.8) is 0 Å². The molecule has 1 aliphatic rings. The zero-order valence-corrected chi connectivity index (χ0v) is 25.0. The zero-order valence-electron chi connectivity index (χ0n) is 18.8. The largest absolute Gasteiger partial charge is 0.493 e. The average molecular weight is 706 g/mol. The topological polar surface area (TPSA) is 67.9 Å². The fourth-order valence-electron chi connectivity index (χ4n) is 3.42. The van der Waals surface area contributed by atoms with Crippen LogP contribution in [0.1, 0.15) is 11.1 Å². The van der Waals surface area contributed by atoms with Crippen molar-refractivity contribution in [2.75, 3.05) is 12.0 Å². The summed E-state index contributed by atoms with van der Waals surface area (Å²) in [4.78, 5) is 27.3. The molecule has 0 saturated carbocycles. The van der Waals surface area contributed by atoms with E-state index in [9.17, 15) is 9.59 Å². The molecule has 0 atom stereocenters. The Morgan fingerprint density at radius 2 is 1.70 bits per heavy atom. The summed E-state index contributed by atoms with van der Waals surface area (Å²) in [6.07, 6.45) is 1.45. The molecule has 1 heterocycles. The van der Waals surface area contributed by atoms with Gasteiger partial charge in [0.25, 0.3) is 11.8 Å². The third-order valence-electron chi connectivity index (χ3n) is 5.23. The van der Waals surface area contributed by atoms with Crippen molar-refractivity contribution in [3.05, 3.63) is 89.2 Å². The molecular formula is C25H15Br2Cl3N2O4S. The summed E-state index contributed by atoms with van der Waals surface area (Å²) in [6.45, 7) is 0.188. The van der Waals surface area contributed by atoms with Gasteiger partial charge in [0.15, 0.2) is 16.6 Å². The number of carbonyl (C=O) groups is 2. The standard InChI is InChI=1S/C25H15Br2Cl3N2O4S/c1-35-19-10-13(20(26)21(27)22(19)36-11-12-2-7-17(29)18(30)8-12)9-16-23(33)31-25(37)32(24(16)34)15-5-3-14(28)4-6-15/h2-10H,11H2,1H3,(H,31,33,37)/b16-9+. The number of hydrogen-bond donors (Lipinski definition) is 1. The maximum atomic E-state index is 13.3. The summed E-state index contributed by atoms with van der Waals surface area (Å²) >= 11 is 30.3. The first kappa shape index (κ1) is 27.9. The van der Waals surface area contributed by atoms with E-state index in [4.69, 9.17) is 56.5 Å². The number of rotatable bonds is 6. The Morgan fingerprint density at radius 3 is 2.35 bits per heavy atom. The van der Waals surface area contributed by atoms with Crippen LogP contribution in [0.2, 0.25) is 15.1 Å². The van der Waals surface area contributed by atoms with Crippen LogP contribution in [-0.4, -0.2) is 24.0 Å². The van der Waals surface area contributed by atoms with Gasteiger partial charge in [-0.2, -0.15) is 0 Å². The number of methoxy groups -OCH3 is 1. The lowest BCUT2D eigenvalue weighted by molar-refractivity contribution is -0.122. The summed E-state index contributed by atoms with van der Waals surface area (Å²) in [6, 6.07) is 13.4. The van der Waals surface area contributed by atoms with Gasteiger partial charge in [0.05, 0.1) is 27.3 Å². The van der Waals surface area contributed by atoms with Crippen LogP contribution in [-0.2, 0) is 16.2 Å². The lowest BCUT2D eigenvalue weighted by Crippen LogP contribution is -2.54. The Kier molecular flexibility index (Phi) is 8.83. The summed E-state index contributed by atoms with van der Waals surface area (Å²) in [7, 11) is 1.48. The van der Waals surface area contributed by atoms with Crippen molar-refractivity contribution < 1.29 is 19.1 Å². The molecule has 190 valence electrons. The van der Waals surface area contributed by atoms with Crippen molar-refractivity contribution >= 4 is 108 Å². The number of ether oxygens (including phenoxy) is 2. The molecule has 6 nitrogen and oxygen atoms in total. The number of halogens is 5. The van der Waals surface area contributed by atoms with Gasteiger partial charge in [-0.3, -0.25) is 19.8 Å². The molecule has 3 aromatic carbocycles. The molecule has 0 bridgehead atoms. The van der Waals surface area contributed by atoms with Crippen molar-refractivity contribution in [2.45, 2.75) is 6.61 Å². The Labute approximate surface area is 249 Å². The molecule has 0 aliphatic carbocycles. The molecule has 0 unspecified atom stereocenters. The highest BCUT2D eigenvalue weighted by atomic mass is 79.9. The number of nitrogens with one attached hydrogen (secondary N) is 1. The minimum Gasteiger partial charge on any atom is -0.493 e. The summed E-state index contributed by atoms with van der Waals surface area (Å²) in [5.41, 5.74) is 1.64. The molecular weight excluding hydrogens is 691 g/mol. The van der Waals surface area contributed by atoms with Gasteiger partial charge in [0.2, 0.25) is 0 Å². The fraction of sp³-hybridized carbons (Fsp3) is 0.0800. The van der Waals surface area contributed by atoms with E-state index in [1.165, 1.54) is 18.1 Å². The SMILES string of the molecule is COc1cc(/C=C2\C(=O)NC(=S)N(c3ccc(Cl)cc3)C2=O)c(Br)c(Br)c1OCc1ccc(Cl)c(Cl)c1. The van der Waals surface area contributed by atoms with Crippen LogP contribution in [0.15, 0.2) is 63.0 Å². The number of anilines is 1. The molecule has 1 saturated heterocycles. The first-order valence-corrected chi connectivity index (χ1v) is 13.5. The van der Waals surface area contributed by atoms with E-state index in [-0.39, 0.29) is 17.3 Å². The van der Waals surface area contributed by atoms with Crippen LogP contribution in [0.5, 0.6) is 11.5 Å². The molecule has 1 N–H and O–H groups in total. The first-order valence-electron chi connectivity index (χ1n) is 10.4. The normalized spacial score (nSPS) is 14.7. The van der Waals surface area contributed by atoms with Crippen molar-refractivity contribution in [3.8, 4) is 11.5 Å². The number of benzene rings is 3. The quantitative estimate of drug-likeness (QED) is 0.163. The summed E-state index contributed by atoms with van der Waals surface area (Å²) in [5.74, 6) is -0.429. The lowest BCUT2D eigenvalue weighted by Gasteiger charge is -2.29. The van der Waals surface area contributed by atoms with Gasteiger partial charge in [0, 0.05) is 9.50 Å². The van der Waals surface area contributed by atoms with E-state index >= 15 is 0 Å². The number of thiocarbonyl (C=S) groups is 1. The van der Waals surface area contributed by atoms with Crippen LogP contribution >= 0.6 is 78.9 Å². The van der Waals surface area contributed by atoms with E-state index in [0.717, 1.165) is 5.56 Å². The molecule has 37 heavy (non-hydrogen) atoms. The molecule has 1 fully saturated rings. The fourth-order valence-corrected chi connectivity index (χ4v) is 5.09. The van der Waals surface area contributed by atoms with Gasteiger partial charge < -0.3 is 9.47 Å². The Balaban J connectivity index is 1.68. The second-order valence-electron chi connectivity index (χ2n) is 7.60. The third-order valence-corrected chi connectivity index (χ3v) is 8.65. The molecule has 4 rings (SSSR count). The highest BCUT2D eigenvalue weighted by molar-refractivity contribution is 9.13. The van der Waals surface area contributed by atoms with Gasteiger partial charge in [-0.15, -0.1) is 0 Å². The summed E-state index contributed by atoms with van der Waals surface area (Å²) in [5, 5.41) is 3.89. The first-order chi connectivity index (χ1) is 17.6. The Hall–Kier alpha value is -2.14. The molecule has 0 radical (unpaired) electrons. The number of nitrogens with zero attached hydrogens (tertiary/aromatic N) is 1. The van der Waals surface area contributed by atoms with Gasteiger partial charge in [0.1, 0.15) is 12.2 Å². The highest BCUT2D eigenvalue weighted by Gasteiger charge is 2.35. The van der Waals surface area contributed by atoms with E-state index in [0.29, 0.717) is 46.8 Å². The van der Waals surface area contributed by atoms with E-state index < -0.39 is 11.8 Å². The van der Waals surface area contributed by atoms with Crippen LogP contribution < -0.4 is 19.7 Å². The second-order valence-corrected chi connectivity index (χ2v) is 10.8. The van der Waals surface area contributed by atoms with Crippen molar-refractivity contribution in [1.82, 2.24) is 5.32 Å². The van der Waals surface area contributed by atoms with Crippen LogP contribution in [0.4, 0.5) is 5.69 Å². The minimum absolute atomic E-state index is 0.0293. The van der Waals surface area contributed by atoms with E-state index in [1.54, 1.807) is 48.5 Å².